The smallest absolute Gasteiger partial charge is 0.334 e. The van der Waals surface area contributed by atoms with E-state index in [9.17, 15) is 18.0 Å². The molecule has 1 saturated carbocycles. The Labute approximate surface area is 161 Å². The highest BCUT2D eigenvalue weighted by atomic mass is 19.4. The predicted octanol–water partition coefficient (Wildman–Crippen LogP) is 4.55. The molecule has 0 radical (unpaired) electrons. The summed E-state index contributed by atoms with van der Waals surface area (Å²) in [5.41, 5.74) is 0.275. The molecule has 28 heavy (non-hydrogen) atoms. The number of halogens is 3. The van der Waals surface area contributed by atoms with Gasteiger partial charge in [-0.05, 0) is 44.6 Å². The van der Waals surface area contributed by atoms with Gasteiger partial charge in [0, 0.05) is 24.2 Å². The predicted molar refractivity (Wildman–Crippen MR) is 97.6 cm³/mol. The lowest BCUT2D eigenvalue weighted by molar-refractivity contribution is -0.143. The SMILES string of the molecule is CCc1cc(C(F)(F)F)n2nc(C3CCCCN3C(=O)C3CCCC3)cc2n1. The molecule has 2 aromatic rings. The van der Waals surface area contributed by atoms with Gasteiger partial charge in [0.15, 0.2) is 5.65 Å². The third-order valence-electron chi connectivity index (χ3n) is 5.98. The zero-order valence-electron chi connectivity index (χ0n) is 16.0. The van der Waals surface area contributed by atoms with E-state index < -0.39 is 11.9 Å². The molecule has 0 spiro atoms. The number of nitrogens with zero attached hydrogens (tertiary/aromatic N) is 4. The third kappa shape index (κ3) is 3.49. The lowest BCUT2D eigenvalue weighted by Crippen LogP contribution is -2.41. The summed E-state index contributed by atoms with van der Waals surface area (Å²) in [4.78, 5) is 19.2. The standard InChI is InChI=1S/C20H25F3N4O/c1-2-14-11-17(20(21,22)23)27-18(24-14)12-15(25-27)16-9-5-6-10-26(16)19(28)13-7-3-4-8-13/h11-13,16H,2-10H2,1H3. The van der Waals surface area contributed by atoms with Gasteiger partial charge in [-0.1, -0.05) is 19.8 Å². The van der Waals surface area contributed by atoms with Gasteiger partial charge in [-0.25, -0.2) is 9.50 Å². The Bertz CT molecular complexity index is 870. The number of aryl methyl sites for hydroxylation is 1. The lowest BCUT2D eigenvalue weighted by Gasteiger charge is -2.36. The minimum Gasteiger partial charge on any atom is -0.334 e. The van der Waals surface area contributed by atoms with E-state index in [1.807, 2.05) is 4.90 Å². The van der Waals surface area contributed by atoms with Crippen LogP contribution < -0.4 is 0 Å². The fourth-order valence-electron chi connectivity index (χ4n) is 4.50. The third-order valence-corrected chi connectivity index (χ3v) is 5.98. The quantitative estimate of drug-likeness (QED) is 0.767. The second kappa shape index (κ2) is 7.37. The van der Waals surface area contributed by atoms with Crippen LogP contribution in [-0.4, -0.2) is 31.9 Å². The molecule has 4 rings (SSSR count). The Morgan fingerprint density at radius 3 is 2.54 bits per heavy atom. The molecule has 0 bridgehead atoms. The van der Waals surface area contributed by atoms with Crippen molar-refractivity contribution in [3.8, 4) is 0 Å². The summed E-state index contributed by atoms with van der Waals surface area (Å²) in [5.74, 6) is 0.186. The van der Waals surface area contributed by atoms with Crippen LogP contribution >= 0.6 is 0 Å². The highest BCUT2D eigenvalue weighted by molar-refractivity contribution is 5.79. The highest BCUT2D eigenvalue weighted by Gasteiger charge is 2.37. The van der Waals surface area contributed by atoms with E-state index in [1.54, 1.807) is 13.0 Å². The molecule has 0 N–H and O–H groups in total. The fraction of sp³-hybridized carbons (Fsp3) is 0.650. The van der Waals surface area contributed by atoms with Crippen LogP contribution in [0.1, 0.15) is 75.0 Å². The molecule has 1 amide bonds. The summed E-state index contributed by atoms with van der Waals surface area (Å²) in [5, 5.41) is 4.28. The Morgan fingerprint density at radius 2 is 1.86 bits per heavy atom. The van der Waals surface area contributed by atoms with E-state index in [-0.39, 0.29) is 23.5 Å². The molecule has 3 heterocycles. The number of fused-ring (bicyclic) bond motifs is 1. The summed E-state index contributed by atoms with van der Waals surface area (Å²) in [7, 11) is 0. The molecule has 1 aliphatic heterocycles. The van der Waals surface area contributed by atoms with E-state index >= 15 is 0 Å². The summed E-state index contributed by atoms with van der Waals surface area (Å²) in [6, 6.07) is 2.42. The Morgan fingerprint density at radius 1 is 1.14 bits per heavy atom. The van der Waals surface area contributed by atoms with Crippen molar-refractivity contribution in [1.29, 1.82) is 0 Å². The van der Waals surface area contributed by atoms with Gasteiger partial charge >= 0.3 is 6.18 Å². The first-order valence-corrected chi connectivity index (χ1v) is 10.2. The van der Waals surface area contributed by atoms with Gasteiger partial charge in [0.1, 0.15) is 5.69 Å². The van der Waals surface area contributed by atoms with Crippen LogP contribution in [0.3, 0.4) is 0 Å². The van der Waals surface area contributed by atoms with E-state index in [0.717, 1.165) is 55.5 Å². The molecule has 5 nitrogen and oxygen atoms in total. The Balaban J connectivity index is 1.73. The van der Waals surface area contributed by atoms with Gasteiger partial charge in [-0.15, -0.1) is 0 Å². The second-order valence-electron chi connectivity index (χ2n) is 7.85. The Kier molecular flexibility index (Phi) is 5.05. The van der Waals surface area contributed by atoms with E-state index in [4.69, 9.17) is 0 Å². The molecular formula is C20H25F3N4O. The van der Waals surface area contributed by atoms with Gasteiger partial charge < -0.3 is 4.90 Å². The molecule has 1 unspecified atom stereocenters. The van der Waals surface area contributed by atoms with Crippen molar-refractivity contribution in [3.63, 3.8) is 0 Å². The van der Waals surface area contributed by atoms with Crippen molar-refractivity contribution in [2.24, 2.45) is 5.92 Å². The van der Waals surface area contributed by atoms with Crippen LogP contribution in [0, 0.1) is 5.92 Å². The van der Waals surface area contributed by atoms with E-state index in [0.29, 0.717) is 24.4 Å². The number of carbonyl (C=O) groups excluding carboxylic acids is 1. The fourth-order valence-corrected chi connectivity index (χ4v) is 4.50. The maximum atomic E-state index is 13.5. The molecular weight excluding hydrogens is 369 g/mol. The van der Waals surface area contributed by atoms with E-state index in [2.05, 4.69) is 10.1 Å². The summed E-state index contributed by atoms with van der Waals surface area (Å²) < 4.78 is 41.5. The molecule has 1 aliphatic carbocycles. The van der Waals surface area contributed by atoms with Crippen molar-refractivity contribution in [2.45, 2.75) is 70.5 Å². The molecule has 1 atom stereocenters. The number of alkyl halides is 3. The largest absolute Gasteiger partial charge is 0.433 e. The average Bonchev–Trinajstić information content (AvgIpc) is 3.35. The molecule has 2 aliphatic rings. The molecule has 2 aromatic heterocycles. The minimum absolute atomic E-state index is 0.0492. The van der Waals surface area contributed by atoms with Crippen LogP contribution in [0.15, 0.2) is 12.1 Å². The van der Waals surface area contributed by atoms with Gasteiger partial charge in [0.25, 0.3) is 0 Å². The van der Waals surface area contributed by atoms with E-state index in [1.165, 1.54) is 0 Å². The normalized spacial score (nSPS) is 21.6. The molecule has 1 saturated heterocycles. The van der Waals surface area contributed by atoms with Gasteiger partial charge in [0.05, 0.1) is 11.7 Å². The average molecular weight is 394 g/mol. The zero-order chi connectivity index (χ0) is 19.9. The first kappa shape index (κ1) is 19.2. The first-order valence-electron chi connectivity index (χ1n) is 10.2. The van der Waals surface area contributed by atoms with Crippen LogP contribution in [0.5, 0.6) is 0 Å². The lowest BCUT2D eigenvalue weighted by atomic mass is 9.96. The minimum atomic E-state index is -4.51. The number of hydrogen-bond acceptors (Lipinski definition) is 3. The van der Waals surface area contributed by atoms with Crippen LogP contribution in [0.2, 0.25) is 0 Å². The Hall–Kier alpha value is -2.12. The van der Waals surface area contributed by atoms with Gasteiger partial charge in [0.2, 0.25) is 5.91 Å². The van der Waals surface area contributed by atoms with Crippen molar-refractivity contribution in [3.05, 3.63) is 29.2 Å². The van der Waals surface area contributed by atoms with Crippen LogP contribution in [-0.2, 0) is 17.4 Å². The zero-order valence-corrected chi connectivity index (χ0v) is 16.0. The summed E-state index contributed by atoms with van der Waals surface area (Å²) in [6.07, 6.45) is 2.45. The van der Waals surface area contributed by atoms with Gasteiger partial charge in [-0.2, -0.15) is 18.3 Å². The number of aromatic nitrogens is 3. The number of rotatable bonds is 3. The maximum absolute atomic E-state index is 13.5. The van der Waals surface area contributed by atoms with Crippen LogP contribution in [0.25, 0.3) is 5.65 Å². The molecule has 152 valence electrons. The maximum Gasteiger partial charge on any atom is 0.433 e. The van der Waals surface area contributed by atoms with Gasteiger partial charge in [-0.3, -0.25) is 4.79 Å². The summed E-state index contributed by atoms with van der Waals surface area (Å²) in [6.45, 7) is 2.42. The number of amides is 1. The monoisotopic (exact) mass is 394 g/mol. The van der Waals surface area contributed by atoms with Crippen molar-refractivity contribution in [1.82, 2.24) is 19.5 Å². The topological polar surface area (TPSA) is 50.5 Å². The van der Waals surface area contributed by atoms with Crippen molar-refractivity contribution < 1.29 is 18.0 Å². The second-order valence-corrected chi connectivity index (χ2v) is 7.85. The number of carbonyl (C=O) groups is 1. The van der Waals surface area contributed by atoms with Crippen LogP contribution in [0.4, 0.5) is 13.2 Å². The molecule has 2 fully saturated rings. The molecule has 8 heteroatoms. The number of piperidine rings is 1. The van der Waals surface area contributed by atoms with Crippen molar-refractivity contribution in [2.75, 3.05) is 6.54 Å². The summed E-state index contributed by atoms with van der Waals surface area (Å²) >= 11 is 0. The number of likely N-dealkylation sites (tertiary alicyclic amines) is 1. The van der Waals surface area contributed by atoms with Crippen molar-refractivity contribution >= 4 is 11.6 Å². The first-order chi connectivity index (χ1) is 13.4. The molecule has 0 aromatic carbocycles. The number of hydrogen-bond donors (Lipinski definition) is 0. The highest BCUT2D eigenvalue weighted by Crippen LogP contribution is 2.36.